The van der Waals surface area contributed by atoms with Crippen molar-refractivity contribution in [1.82, 2.24) is 4.90 Å². The number of carbonyl (C=O) groups is 2. The van der Waals surface area contributed by atoms with Gasteiger partial charge in [0.2, 0.25) is 0 Å². The van der Waals surface area contributed by atoms with Gasteiger partial charge in [-0.2, -0.15) is 5.26 Å². The van der Waals surface area contributed by atoms with Crippen LogP contribution in [-0.2, 0) is 9.53 Å². The molecule has 0 heterocycles. The number of nitriles is 1. The van der Waals surface area contributed by atoms with E-state index >= 15 is 0 Å². The molecule has 1 amide bonds. The van der Waals surface area contributed by atoms with Crippen molar-refractivity contribution < 1.29 is 19.4 Å². The maximum Gasteiger partial charge on any atom is 0.415 e. The third-order valence-corrected chi connectivity index (χ3v) is 3.19. The SMILES string of the molecule is C=C(C(=O)O)N(CCC(C#N)c1ccccc1)C(=O)OC(C)(C)C. The Labute approximate surface area is 142 Å². The van der Waals surface area contributed by atoms with Crippen molar-refractivity contribution in [3.8, 4) is 6.07 Å². The molecule has 0 aliphatic carbocycles. The zero-order valence-corrected chi connectivity index (χ0v) is 14.2. The first kappa shape index (κ1) is 19.2. The van der Waals surface area contributed by atoms with Crippen LogP contribution in [0.25, 0.3) is 0 Å². The Morgan fingerprint density at radius 2 is 1.92 bits per heavy atom. The van der Waals surface area contributed by atoms with Crippen molar-refractivity contribution in [3.05, 3.63) is 48.2 Å². The third-order valence-electron chi connectivity index (χ3n) is 3.19. The van der Waals surface area contributed by atoms with E-state index in [0.29, 0.717) is 0 Å². The summed E-state index contributed by atoms with van der Waals surface area (Å²) in [7, 11) is 0. The number of aliphatic carboxylic acids is 1. The molecule has 6 heteroatoms. The van der Waals surface area contributed by atoms with Gasteiger partial charge < -0.3 is 9.84 Å². The minimum atomic E-state index is -1.31. The predicted molar refractivity (Wildman–Crippen MR) is 89.1 cm³/mol. The Morgan fingerprint density at radius 3 is 2.38 bits per heavy atom. The summed E-state index contributed by atoms with van der Waals surface area (Å²) in [5.41, 5.74) is -0.332. The molecule has 0 radical (unpaired) electrons. The fourth-order valence-corrected chi connectivity index (χ4v) is 2.02. The molecule has 6 nitrogen and oxygen atoms in total. The molecule has 1 atom stereocenters. The normalized spacial score (nSPS) is 11.9. The maximum atomic E-state index is 12.2. The van der Waals surface area contributed by atoms with Gasteiger partial charge in [0.1, 0.15) is 11.3 Å². The number of amides is 1. The standard InChI is InChI=1S/C18H22N2O4/c1-13(16(21)22)20(17(23)24-18(2,3)4)11-10-15(12-19)14-8-6-5-7-9-14/h5-9,15H,1,10-11H2,2-4H3,(H,21,22). The summed E-state index contributed by atoms with van der Waals surface area (Å²) in [6, 6.07) is 11.3. The first-order valence-corrected chi connectivity index (χ1v) is 7.53. The molecule has 128 valence electrons. The average molecular weight is 330 g/mol. The maximum absolute atomic E-state index is 12.2. The largest absolute Gasteiger partial charge is 0.477 e. The summed E-state index contributed by atoms with van der Waals surface area (Å²) in [5, 5.41) is 18.5. The highest BCUT2D eigenvalue weighted by molar-refractivity contribution is 5.90. The molecule has 24 heavy (non-hydrogen) atoms. The molecule has 1 aromatic carbocycles. The molecule has 0 aliphatic heterocycles. The number of carboxylic acids is 1. The Kier molecular flexibility index (Phi) is 6.54. The highest BCUT2D eigenvalue weighted by Gasteiger charge is 2.27. The lowest BCUT2D eigenvalue weighted by molar-refractivity contribution is -0.134. The van der Waals surface area contributed by atoms with E-state index in [1.54, 1.807) is 20.8 Å². The first-order chi connectivity index (χ1) is 11.2. The van der Waals surface area contributed by atoms with Gasteiger partial charge in [0.15, 0.2) is 0 Å². The van der Waals surface area contributed by atoms with Crippen LogP contribution < -0.4 is 0 Å². The van der Waals surface area contributed by atoms with Crippen LogP contribution in [0.4, 0.5) is 4.79 Å². The van der Waals surface area contributed by atoms with Gasteiger partial charge >= 0.3 is 12.1 Å². The van der Waals surface area contributed by atoms with E-state index < -0.39 is 23.6 Å². The van der Waals surface area contributed by atoms with Crippen LogP contribution >= 0.6 is 0 Å². The van der Waals surface area contributed by atoms with Crippen LogP contribution in [0.15, 0.2) is 42.6 Å². The van der Waals surface area contributed by atoms with E-state index in [2.05, 4.69) is 12.6 Å². The van der Waals surface area contributed by atoms with Gasteiger partial charge in [-0.05, 0) is 32.8 Å². The summed E-state index contributed by atoms with van der Waals surface area (Å²) in [6.45, 7) is 8.51. The summed E-state index contributed by atoms with van der Waals surface area (Å²) >= 11 is 0. The van der Waals surface area contributed by atoms with Gasteiger partial charge in [-0.25, -0.2) is 9.59 Å². The summed E-state index contributed by atoms with van der Waals surface area (Å²) in [4.78, 5) is 24.4. The van der Waals surface area contributed by atoms with Crippen LogP contribution in [0.5, 0.6) is 0 Å². The van der Waals surface area contributed by atoms with Crippen molar-refractivity contribution in [2.24, 2.45) is 0 Å². The fourth-order valence-electron chi connectivity index (χ4n) is 2.02. The molecule has 0 aromatic heterocycles. The zero-order chi connectivity index (χ0) is 18.3. The molecule has 0 saturated heterocycles. The number of carbonyl (C=O) groups excluding carboxylic acids is 1. The molecule has 1 rings (SSSR count). The lowest BCUT2D eigenvalue weighted by Crippen LogP contribution is -2.39. The molecular weight excluding hydrogens is 308 g/mol. The third kappa shape index (κ3) is 5.76. The van der Waals surface area contributed by atoms with Gasteiger partial charge in [-0.3, -0.25) is 4.90 Å². The van der Waals surface area contributed by atoms with Crippen molar-refractivity contribution in [2.45, 2.75) is 38.7 Å². The van der Waals surface area contributed by atoms with Gasteiger partial charge in [0, 0.05) is 6.54 Å². The molecule has 1 unspecified atom stereocenters. The van der Waals surface area contributed by atoms with Gasteiger partial charge in [-0.15, -0.1) is 0 Å². The van der Waals surface area contributed by atoms with Crippen LogP contribution in [0, 0.1) is 11.3 Å². The van der Waals surface area contributed by atoms with Crippen molar-refractivity contribution in [2.75, 3.05) is 6.54 Å². The minimum Gasteiger partial charge on any atom is -0.477 e. The molecule has 1 N–H and O–H groups in total. The summed E-state index contributed by atoms with van der Waals surface area (Å²) < 4.78 is 5.22. The molecular formula is C18H22N2O4. The molecule has 0 spiro atoms. The lowest BCUT2D eigenvalue weighted by Gasteiger charge is -2.27. The number of nitrogens with zero attached hydrogens (tertiary/aromatic N) is 2. The second-order valence-electron chi connectivity index (χ2n) is 6.26. The number of ether oxygens (including phenoxy) is 1. The predicted octanol–water partition coefficient (Wildman–Crippen LogP) is 3.52. The Morgan fingerprint density at radius 1 is 1.33 bits per heavy atom. The lowest BCUT2D eigenvalue weighted by atomic mass is 9.97. The van der Waals surface area contributed by atoms with E-state index in [9.17, 15) is 14.9 Å². The number of hydrogen-bond acceptors (Lipinski definition) is 4. The topological polar surface area (TPSA) is 90.6 Å². The number of carboxylic acid groups (broad SMARTS) is 1. The Hall–Kier alpha value is -2.81. The van der Waals surface area contributed by atoms with Gasteiger partial charge in [0.25, 0.3) is 0 Å². The smallest absolute Gasteiger partial charge is 0.415 e. The molecule has 0 aliphatic rings. The average Bonchev–Trinajstić information content (AvgIpc) is 2.50. The van der Waals surface area contributed by atoms with Crippen LogP contribution in [0.3, 0.4) is 0 Å². The molecule has 1 aromatic rings. The van der Waals surface area contributed by atoms with Crippen LogP contribution in [0.1, 0.15) is 38.7 Å². The first-order valence-electron chi connectivity index (χ1n) is 7.53. The monoisotopic (exact) mass is 330 g/mol. The van der Waals surface area contributed by atoms with Crippen LogP contribution in [-0.4, -0.2) is 34.2 Å². The van der Waals surface area contributed by atoms with E-state index in [1.165, 1.54) is 0 Å². The van der Waals surface area contributed by atoms with E-state index in [-0.39, 0.29) is 18.7 Å². The van der Waals surface area contributed by atoms with Gasteiger partial charge in [-0.1, -0.05) is 36.9 Å². The van der Waals surface area contributed by atoms with Crippen molar-refractivity contribution in [3.63, 3.8) is 0 Å². The van der Waals surface area contributed by atoms with Gasteiger partial charge in [0.05, 0.1) is 12.0 Å². The molecule has 0 fully saturated rings. The highest BCUT2D eigenvalue weighted by atomic mass is 16.6. The van der Waals surface area contributed by atoms with E-state index in [0.717, 1.165) is 10.5 Å². The summed E-state index contributed by atoms with van der Waals surface area (Å²) in [6.07, 6.45) is -0.522. The number of rotatable bonds is 6. The highest BCUT2D eigenvalue weighted by Crippen LogP contribution is 2.21. The second-order valence-corrected chi connectivity index (χ2v) is 6.26. The second kappa shape index (κ2) is 8.16. The zero-order valence-electron chi connectivity index (χ0n) is 14.2. The van der Waals surface area contributed by atoms with E-state index in [1.807, 2.05) is 30.3 Å². The van der Waals surface area contributed by atoms with E-state index in [4.69, 9.17) is 9.84 Å². The van der Waals surface area contributed by atoms with Crippen molar-refractivity contribution >= 4 is 12.1 Å². The van der Waals surface area contributed by atoms with Crippen LogP contribution in [0.2, 0.25) is 0 Å². The summed E-state index contributed by atoms with van der Waals surface area (Å²) in [5.74, 6) is -1.77. The molecule has 0 saturated carbocycles. The van der Waals surface area contributed by atoms with Crippen molar-refractivity contribution in [1.29, 1.82) is 5.26 Å². The quantitative estimate of drug-likeness (QED) is 0.806. The number of benzene rings is 1. The Bertz CT molecular complexity index is 641. The molecule has 0 bridgehead atoms. The Balaban J connectivity index is 2.89. The minimum absolute atomic E-state index is 0.0210. The number of hydrogen-bond donors (Lipinski definition) is 1. The fraction of sp³-hybridized carbons (Fsp3) is 0.389.